The van der Waals surface area contributed by atoms with Crippen LogP contribution in [0.2, 0.25) is 0 Å². The van der Waals surface area contributed by atoms with Crippen molar-refractivity contribution in [2.24, 2.45) is 0 Å². The molecule has 0 fully saturated rings. The number of aromatic nitrogens is 1. The van der Waals surface area contributed by atoms with Gasteiger partial charge in [-0.25, -0.2) is 0 Å². The number of nitro groups is 2. The molecule has 2 N–H and O–H groups in total. The maximum Gasteiger partial charge on any atom is 0.275 e. The molecular formula is C17H18N4O5. The van der Waals surface area contributed by atoms with Crippen LogP contribution in [-0.2, 0) is 6.42 Å². The molecule has 0 spiro atoms. The number of nitrogens with one attached hydrogen (secondary N) is 2. The zero-order chi connectivity index (χ0) is 18.9. The molecule has 1 heterocycles. The van der Waals surface area contributed by atoms with Gasteiger partial charge in [-0.3, -0.25) is 20.2 Å². The number of allylic oxidation sites excluding steroid dienone is 3. The molecule has 0 saturated heterocycles. The summed E-state index contributed by atoms with van der Waals surface area (Å²) < 4.78 is 5.23. The van der Waals surface area contributed by atoms with E-state index in [1.54, 1.807) is 13.3 Å². The van der Waals surface area contributed by atoms with E-state index in [0.29, 0.717) is 12.7 Å². The Morgan fingerprint density at radius 2 is 2.15 bits per heavy atom. The summed E-state index contributed by atoms with van der Waals surface area (Å²) >= 11 is 0. The van der Waals surface area contributed by atoms with Crippen molar-refractivity contribution in [1.82, 2.24) is 10.3 Å². The van der Waals surface area contributed by atoms with E-state index in [2.05, 4.69) is 10.3 Å². The summed E-state index contributed by atoms with van der Waals surface area (Å²) in [5.41, 5.74) is 1.77. The molecule has 0 aliphatic heterocycles. The van der Waals surface area contributed by atoms with E-state index >= 15 is 0 Å². The number of rotatable bonds is 9. The first-order chi connectivity index (χ1) is 12.5. The van der Waals surface area contributed by atoms with Crippen LogP contribution in [0.5, 0.6) is 5.75 Å². The molecule has 1 aromatic carbocycles. The number of fused-ring (bicyclic) bond motifs is 1. The number of aromatic amines is 1. The third-order valence-corrected chi connectivity index (χ3v) is 3.57. The minimum Gasteiger partial charge on any atom is -0.497 e. The Morgan fingerprint density at radius 1 is 1.35 bits per heavy atom. The van der Waals surface area contributed by atoms with Gasteiger partial charge < -0.3 is 15.0 Å². The van der Waals surface area contributed by atoms with Gasteiger partial charge in [-0.2, -0.15) is 0 Å². The lowest BCUT2D eigenvalue weighted by Crippen LogP contribution is -2.09. The fourth-order valence-corrected chi connectivity index (χ4v) is 2.31. The lowest BCUT2D eigenvalue weighted by molar-refractivity contribution is -0.424. The third-order valence-electron chi connectivity index (χ3n) is 3.57. The average Bonchev–Trinajstić information content (AvgIpc) is 3.01. The van der Waals surface area contributed by atoms with Gasteiger partial charge in [-0.15, -0.1) is 0 Å². The molecule has 1 aromatic heterocycles. The van der Waals surface area contributed by atoms with E-state index in [4.69, 9.17) is 4.74 Å². The summed E-state index contributed by atoms with van der Waals surface area (Å²) in [5.74, 6) is 0.784. The van der Waals surface area contributed by atoms with Crippen LogP contribution in [0.15, 0.2) is 60.7 Å². The molecule has 9 nitrogen and oxygen atoms in total. The molecule has 9 heteroatoms. The van der Waals surface area contributed by atoms with Gasteiger partial charge in [-0.1, -0.05) is 0 Å². The van der Waals surface area contributed by atoms with E-state index in [-0.39, 0.29) is 5.70 Å². The van der Waals surface area contributed by atoms with Crippen LogP contribution in [0.4, 0.5) is 0 Å². The van der Waals surface area contributed by atoms with Crippen LogP contribution in [-0.4, -0.2) is 28.5 Å². The number of hydrogen-bond donors (Lipinski definition) is 2. The molecule has 2 aromatic rings. The molecule has 0 saturated carbocycles. The van der Waals surface area contributed by atoms with Crippen LogP contribution < -0.4 is 10.1 Å². The SMILES string of the molecule is COc1ccc2[nH]cc(CCN/C=C/C=C(\C=C\[N+](=O)[O-])[N+](=O)[O-])c2c1. The molecule has 26 heavy (non-hydrogen) atoms. The summed E-state index contributed by atoms with van der Waals surface area (Å²) in [4.78, 5) is 22.7. The lowest BCUT2D eigenvalue weighted by Gasteiger charge is -2.02. The molecule has 136 valence electrons. The molecule has 0 atom stereocenters. The smallest absolute Gasteiger partial charge is 0.275 e. The first kappa shape index (κ1) is 18.7. The standard InChI is InChI=1S/C17H18N4O5/c1-26-15-4-5-17-16(11-15)13(12-19-17)6-9-18-8-2-3-14(21(24)25)7-10-20(22)23/h2-5,7-8,10-12,18-19H,6,9H2,1H3/b8-2+,10-7+,14-3+. The van der Waals surface area contributed by atoms with Crippen LogP contribution >= 0.6 is 0 Å². The third kappa shape index (κ3) is 5.20. The molecule has 0 aliphatic rings. The second-order valence-corrected chi connectivity index (χ2v) is 5.24. The number of benzene rings is 1. The Morgan fingerprint density at radius 3 is 2.85 bits per heavy atom. The van der Waals surface area contributed by atoms with Crippen LogP contribution in [0, 0.1) is 20.2 Å². The summed E-state index contributed by atoms with van der Waals surface area (Å²) in [5, 5.41) is 25.1. The Hall–Kier alpha value is -3.62. The Balaban J connectivity index is 1.91. The molecule has 2 rings (SSSR count). The number of nitrogens with zero attached hydrogens (tertiary/aromatic N) is 2. The van der Waals surface area contributed by atoms with Crippen LogP contribution in [0.1, 0.15) is 5.56 Å². The molecule has 0 unspecified atom stereocenters. The molecule has 0 aliphatic carbocycles. The van der Waals surface area contributed by atoms with Gasteiger partial charge in [0.25, 0.3) is 5.70 Å². The second-order valence-electron chi connectivity index (χ2n) is 5.24. The molecule has 0 bridgehead atoms. The number of ether oxygens (including phenoxy) is 1. The van der Waals surface area contributed by atoms with Crippen molar-refractivity contribution in [3.63, 3.8) is 0 Å². The predicted octanol–water partition coefficient (Wildman–Crippen LogP) is 2.77. The summed E-state index contributed by atoms with van der Waals surface area (Å²) in [6.45, 7) is 0.618. The van der Waals surface area contributed by atoms with E-state index in [1.807, 2.05) is 24.4 Å². The van der Waals surface area contributed by atoms with E-state index in [1.165, 1.54) is 12.2 Å². The molecular weight excluding hydrogens is 340 g/mol. The highest BCUT2D eigenvalue weighted by atomic mass is 16.6. The number of hydrogen-bond acceptors (Lipinski definition) is 6. The van der Waals surface area contributed by atoms with Crippen LogP contribution in [0.3, 0.4) is 0 Å². The van der Waals surface area contributed by atoms with Gasteiger partial charge in [0.2, 0.25) is 6.20 Å². The minimum absolute atomic E-state index is 0.372. The summed E-state index contributed by atoms with van der Waals surface area (Å²) in [7, 11) is 1.62. The highest BCUT2D eigenvalue weighted by Gasteiger charge is 2.06. The molecule has 0 radical (unpaired) electrons. The zero-order valence-electron chi connectivity index (χ0n) is 14.0. The zero-order valence-corrected chi connectivity index (χ0v) is 14.0. The molecule has 0 amide bonds. The lowest BCUT2D eigenvalue weighted by atomic mass is 10.1. The van der Waals surface area contributed by atoms with Crippen molar-refractivity contribution in [2.45, 2.75) is 6.42 Å². The second kappa shape index (κ2) is 9.02. The van der Waals surface area contributed by atoms with Gasteiger partial charge in [0, 0.05) is 29.7 Å². The van der Waals surface area contributed by atoms with Gasteiger partial charge in [0.15, 0.2) is 0 Å². The minimum atomic E-state index is -0.754. The van der Waals surface area contributed by atoms with Crippen molar-refractivity contribution in [1.29, 1.82) is 0 Å². The normalized spacial score (nSPS) is 12.1. The monoisotopic (exact) mass is 358 g/mol. The van der Waals surface area contributed by atoms with Crippen molar-refractivity contribution in [3.8, 4) is 5.75 Å². The van der Waals surface area contributed by atoms with Crippen LogP contribution in [0.25, 0.3) is 10.9 Å². The topological polar surface area (TPSA) is 123 Å². The Bertz CT molecular complexity index is 882. The Kier molecular flexibility index (Phi) is 6.49. The maximum absolute atomic E-state index is 10.8. The first-order valence-corrected chi connectivity index (χ1v) is 7.71. The van der Waals surface area contributed by atoms with Gasteiger partial charge in [0.05, 0.1) is 23.0 Å². The number of H-pyrrole nitrogens is 1. The number of methoxy groups -OCH3 is 1. The van der Waals surface area contributed by atoms with E-state index in [0.717, 1.165) is 34.7 Å². The first-order valence-electron chi connectivity index (χ1n) is 7.71. The highest BCUT2D eigenvalue weighted by Crippen LogP contribution is 2.23. The van der Waals surface area contributed by atoms with Gasteiger partial charge in [-0.05, 0) is 42.5 Å². The van der Waals surface area contributed by atoms with Gasteiger partial charge >= 0.3 is 0 Å². The van der Waals surface area contributed by atoms with E-state index < -0.39 is 9.85 Å². The summed E-state index contributed by atoms with van der Waals surface area (Å²) in [6, 6.07) is 5.80. The van der Waals surface area contributed by atoms with E-state index in [9.17, 15) is 20.2 Å². The van der Waals surface area contributed by atoms with Crippen molar-refractivity contribution in [2.75, 3.05) is 13.7 Å². The fraction of sp³-hybridized carbons (Fsp3) is 0.176. The van der Waals surface area contributed by atoms with Gasteiger partial charge in [0.1, 0.15) is 5.75 Å². The Labute approximate surface area is 149 Å². The van der Waals surface area contributed by atoms with Crippen molar-refractivity contribution < 1.29 is 14.6 Å². The predicted molar refractivity (Wildman–Crippen MR) is 96.9 cm³/mol. The fourth-order valence-electron chi connectivity index (χ4n) is 2.31. The largest absolute Gasteiger partial charge is 0.497 e. The highest BCUT2D eigenvalue weighted by molar-refractivity contribution is 5.84. The average molecular weight is 358 g/mol. The summed E-state index contributed by atoms with van der Waals surface area (Å²) in [6.07, 6.45) is 8.21. The van der Waals surface area contributed by atoms with Crippen molar-refractivity contribution >= 4 is 10.9 Å². The van der Waals surface area contributed by atoms with Crippen molar-refractivity contribution in [3.05, 3.63) is 86.5 Å². The maximum atomic E-state index is 10.8. The quantitative estimate of drug-likeness (QED) is 0.307.